The first-order valence-corrected chi connectivity index (χ1v) is 7.90. The Morgan fingerprint density at radius 3 is 2.86 bits per heavy atom. The summed E-state index contributed by atoms with van der Waals surface area (Å²) in [6.45, 7) is 3.13. The SMILES string of the molecule is CC(NC(=O)C1CSCN1)c1ccc2c(c1)OCCO2.Cl. The lowest BCUT2D eigenvalue weighted by Gasteiger charge is -2.21. The maximum Gasteiger partial charge on any atom is 0.238 e. The molecule has 2 unspecified atom stereocenters. The highest BCUT2D eigenvalue weighted by molar-refractivity contribution is 7.99. The Balaban J connectivity index is 0.00000161. The minimum absolute atomic E-state index is 0. The zero-order chi connectivity index (χ0) is 13.9. The quantitative estimate of drug-likeness (QED) is 0.883. The molecule has 0 saturated carbocycles. The Hall–Kier alpha value is -1.11. The molecule has 5 nitrogen and oxygen atoms in total. The Kier molecular flexibility index (Phi) is 5.61. The van der Waals surface area contributed by atoms with Crippen LogP contribution in [0.4, 0.5) is 0 Å². The Morgan fingerprint density at radius 2 is 2.14 bits per heavy atom. The molecular weight excluding hydrogens is 312 g/mol. The maximum atomic E-state index is 12.1. The second-order valence-corrected chi connectivity index (χ2v) is 5.94. The van der Waals surface area contributed by atoms with Gasteiger partial charge in [-0.05, 0) is 24.6 Å². The van der Waals surface area contributed by atoms with Crippen LogP contribution in [0.5, 0.6) is 11.5 Å². The van der Waals surface area contributed by atoms with Gasteiger partial charge in [-0.15, -0.1) is 24.2 Å². The largest absolute Gasteiger partial charge is 0.486 e. The summed E-state index contributed by atoms with van der Waals surface area (Å²) in [4.78, 5) is 12.1. The van der Waals surface area contributed by atoms with E-state index in [9.17, 15) is 4.79 Å². The van der Waals surface area contributed by atoms with E-state index in [1.807, 2.05) is 25.1 Å². The maximum absolute atomic E-state index is 12.1. The highest BCUT2D eigenvalue weighted by Gasteiger charge is 2.24. The van der Waals surface area contributed by atoms with Gasteiger partial charge in [-0.1, -0.05) is 6.07 Å². The molecule has 1 amide bonds. The molecule has 2 aliphatic rings. The number of hydrogen-bond donors (Lipinski definition) is 2. The van der Waals surface area contributed by atoms with Gasteiger partial charge in [0.2, 0.25) is 5.91 Å². The number of halogens is 1. The third-order valence-electron chi connectivity index (χ3n) is 3.46. The lowest BCUT2D eigenvalue weighted by Crippen LogP contribution is -2.42. The summed E-state index contributed by atoms with van der Waals surface area (Å²) in [6, 6.07) is 5.67. The van der Waals surface area contributed by atoms with E-state index in [0.717, 1.165) is 28.7 Å². The average molecular weight is 331 g/mol. The van der Waals surface area contributed by atoms with Gasteiger partial charge in [0.25, 0.3) is 0 Å². The van der Waals surface area contributed by atoms with Crippen LogP contribution in [0.1, 0.15) is 18.5 Å². The predicted molar refractivity (Wildman–Crippen MR) is 85.5 cm³/mol. The van der Waals surface area contributed by atoms with Crippen molar-refractivity contribution in [2.75, 3.05) is 24.8 Å². The van der Waals surface area contributed by atoms with Crippen molar-refractivity contribution in [3.63, 3.8) is 0 Å². The number of carbonyl (C=O) groups excluding carboxylic acids is 1. The van der Waals surface area contributed by atoms with Crippen LogP contribution in [-0.2, 0) is 4.79 Å². The van der Waals surface area contributed by atoms with Crippen molar-refractivity contribution < 1.29 is 14.3 Å². The van der Waals surface area contributed by atoms with Crippen LogP contribution in [0.2, 0.25) is 0 Å². The average Bonchev–Trinajstić information content (AvgIpc) is 3.01. The van der Waals surface area contributed by atoms with Crippen LogP contribution >= 0.6 is 24.2 Å². The monoisotopic (exact) mass is 330 g/mol. The Morgan fingerprint density at radius 1 is 1.38 bits per heavy atom. The van der Waals surface area contributed by atoms with E-state index in [4.69, 9.17) is 9.47 Å². The molecule has 7 heteroatoms. The number of benzene rings is 1. The van der Waals surface area contributed by atoms with Gasteiger partial charge in [-0.2, -0.15) is 0 Å². The van der Waals surface area contributed by atoms with Crippen LogP contribution in [0, 0.1) is 0 Å². The number of carbonyl (C=O) groups is 1. The van der Waals surface area contributed by atoms with Crippen molar-refractivity contribution in [2.24, 2.45) is 0 Å². The first-order valence-electron chi connectivity index (χ1n) is 6.75. The van der Waals surface area contributed by atoms with E-state index in [1.54, 1.807) is 11.8 Å². The van der Waals surface area contributed by atoms with Gasteiger partial charge in [-0.3, -0.25) is 10.1 Å². The highest BCUT2D eigenvalue weighted by Crippen LogP contribution is 2.32. The topological polar surface area (TPSA) is 59.6 Å². The zero-order valence-corrected chi connectivity index (χ0v) is 13.4. The molecule has 2 N–H and O–H groups in total. The van der Waals surface area contributed by atoms with Crippen molar-refractivity contribution in [1.29, 1.82) is 0 Å². The molecule has 0 aliphatic carbocycles. The van der Waals surface area contributed by atoms with E-state index in [-0.39, 0.29) is 30.4 Å². The number of nitrogens with one attached hydrogen (secondary N) is 2. The molecular formula is C14H19ClN2O3S. The lowest BCUT2D eigenvalue weighted by molar-refractivity contribution is -0.123. The predicted octanol–water partition coefficient (Wildman–Crippen LogP) is 1.72. The number of hydrogen-bond acceptors (Lipinski definition) is 5. The van der Waals surface area contributed by atoms with Gasteiger partial charge >= 0.3 is 0 Å². The molecule has 0 aromatic heterocycles. The molecule has 2 atom stereocenters. The highest BCUT2D eigenvalue weighted by atomic mass is 35.5. The number of amides is 1. The number of thioether (sulfide) groups is 1. The molecule has 21 heavy (non-hydrogen) atoms. The fourth-order valence-electron chi connectivity index (χ4n) is 2.29. The normalized spacial score (nSPS) is 21.3. The summed E-state index contributed by atoms with van der Waals surface area (Å²) in [7, 11) is 0. The van der Waals surface area contributed by atoms with Crippen molar-refractivity contribution in [3.05, 3.63) is 23.8 Å². The minimum atomic E-state index is -0.0836. The van der Waals surface area contributed by atoms with Crippen LogP contribution < -0.4 is 20.1 Å². The molecule has 1 saturated heterocycles. The molecule has 1 aromatic carbocycles. The lowest BCUT2D eigenvalue weighted by atomic mass is 10.1. The number of fused-ring (bicyclic) bond motifs is 1. The molecule has 2 aliphatic heterocycles. The first kappa shape index (κ1) is 16.3. The van der Waals surface area contributed by atoms with E-state index in [2.05, 4.69) is 10.6 Å². The first-order chi connectivity index (χ1) is 9.74. The van der Waals surface area contributed by atoms with E-state index < -0.39 is 0 Å². The van der Waals surface area contributed by atoms with E-state index >= 15 is 0 Å². The van der Waals surface area contributed by atoms with Gasteiger partial charge in [0.15, 0.2) is 11.5 Å². The minimum Gasteiger partial charge on any atom is -0.486 e. The van der Waals surface area contributed by atoms with Gasteiger partial charge in [0.05, 0.1) is 12.1 Å². The third kappa shape index (κ3) is 3.75. The summed E-state index contributed by atoms with van der Waals surface area (Å²) in [6.07, 6.45) is 0. The van der Waals surface area contributed by atoms with Crippen molar-refractivity contribution in [2.45, 2.75) is 19.0 Å². The standard InChI is InChI=1S/C14H18N2O3S.ClH/c1-9(16-14(17)11-7-20-8-15-11)10-2-3-12-13(6-10)19-5-4-18-12;/h2-3,6,9,11,15H,4-5,7-8H2,1H3,(H,16,17);1H. The molecule has 1 fully saturated rings. The molecule has 116 valence electrons. The summed E-state index contributed by atoms with van der Waals surface area (Å²) in [5.74, 6) is 3.25. The van der Waals surface area contributed by atoms with Gasteiger partial charge in [0, 0.05) is 11.6 Å². The van der Waals surface area contributed by atoms with Crippen LogP contribution in [-0.4, -0.2) is 36.8 Å². The number of rotatable bonds is 3. The van der Waals surface area contributed by atoms with Crippen molar-refractivity contribution in [1.82, 2.24) is 10.6 Å². The third-order valence-corrected chi connectivity index (χ3v) is 4.40. The van der Waals surface area contributed by atoms with Crippen molar-refractivity contribution in [3.8, 4) is 11.5 Å². The summed E-state index contributed by atoms with van der Waals surface area (Å²) in [5.41, 5.74) is 1.02. The van der Waals surface area contributed by atoms with Gasteiger partial charge in [-0.25, -0.2) is 0 Å². The second kappa shape index (κ2) is 7.24. The second-order valence-electron chi connectivity index (χ2n) is 4.91. The molecule has 3 rings (SSSR count). The van der Waals surface area contributed by atoms with Crippen molar-refractivity contribution >= 4 is 30.1 Å². The fourth-order valence-corrected chi connectivity index (χ4v) is 3.23. The molecule has 2 heterocycles. The molecule has 0 bridgehead atoms. The summed E-state index contributed by atoms with van der Waals surface area (Å²) in [5, 5.41) is 6.20. The molecule has 0 spiro atoms. The van der Waals surface area contributed by atoms with E-state index in [0.29, 0.717) is 13.2 Å². The molecule has 1 aromatic rings. The van der Waals surface area contributed by atoms with Crippen LogP contribution in [0.3, 0.4) is 0 Å². The smallest absolute Gasteiger partial charge is 0.238 e. The summed E-state index contributed by atoms with van der Waals surface area (Å²) >= 11 is 1.74. The summed E-state index contributed by atoms with van der Waals surface area (Å²) < 4.78 is 11.1. The Labute approximate surface area is 134 Å². The Bertz CT molecular complexity index is 509. The fraction of sp³-hybridized carbons (Fsp3) is 0.500. The van der Waals surface area contributed by atoms with E-state index in [1.165, 1.54) is 0 Å². The van der Waals surface area contributed by atoms with Crippen LogP contribution in [0.15, 0.2) is 18.2 Å². The zero-order valence-electron chi connectivity index (χ0n) is 11.8. The van der Waals surface area contributed by atoms with Gasteiger partial charge < -0.3 is 14.8 Å². The molecule has 0 radical (unpaired) electrons. The van der Waals surface area contributed by atoms with Gasteiger partial charge in [0.1, 0.15) is 13.2 Å². The van der Waals surface area contributed by atoms with Crippen LogP contribution in [0.25, 0.3) is 0 Å². The number of ether oxygens (including phenoxy) is 2.